The molecular weight excluding hydrogens is 390 g/mol. The van der Waals surface area contributed by atoms with Crippen LogP contribution >= 0.6 is 0 Å². The van der Waals surface area contributed by atoms with Gasteiger partial charge in [-0.1, -0.05) is 51.1 Å². The Labute approximate surface area is 190 Å². The maximum atomic E-state index is 11.4. The van der Waals surface area contributed by atoms with Gasteiger partial charge in [0.05, 0.1) is 6.61 Å². The zero-order valence-corrected chi connectivity index (χ0v) is 20.8. The number of rotatable bonds is 10. The number of hydrogen-bond acceptors (Lipinski definition) is 5. The largest absolute Gasteiger partial charge is 0.459 e. The molecule has 31 heavy (non-hydrogen) atoms. The second-order valence-electron chi connectivity index (χ2n) is 8.83. The van der Waals surface area contributed by atoms with Crippen molar-refractivity contribution in [3.05, 3.63) is 35.9 Å². The maximum absolute atomic E-state index is 11.4. The molecule has 5 heteroatoms. The zero-order valence-electron chi connectivity index (χ0n) is 20.8. The molecule has 0 radical (unpaired) electrons. The summed E-state index contributed by atoms with van der Waals surface area (Å²) in [5.41, 5.74) is 0.877. The van der Waals surface area contributed by atoms with Gasteiger partial charge in [-0.25, -0.2) is 0 Å². The molecule has 180 valence electrons. The van der Waals surface area contributed by atoms with Crippen LogP contribution in [0.4, 0.5) is 0 Å². The van der Waals surface area contributed by atoms with Gasteiger partial charge < -0.3 is 19.9 Å². The number of aliphatic hydroxyl groups excluding tert-OH is 1. The molecule has 2 atom stereocenters. The summed E-state index contributed by atoms with van der Waals surface area (Å²) in [6, 6.07) is 10.2. The molecule has 1 aliphatic heterocycles. The molecule has 1 aromatic carbocycles. The summed E-state index contributed by atoms with van der Waals surface area (Å²) in [7, 11) is 0. The van der Waals surface area contributed by atoms with Crippen LogP contribution in [0.1, 0.15) is 85.6 Å². The summed E-state index contributed by atoms with van der Waals surface area (Å²) in [6.45, 7) is 14.7. The highest BCUT2D eigenvalue weighted by Crippen LogP contribution is 2.13. The lowest BCUT2D eigenvalue weighted by atomic mass is 10.0. The normalized spacial score (nSPS) is 16.4. The molecule has 1 saturated heterocycles. The minimum absolute atomic E-state index is 0.0655. The van der Waals surface area contributed by atoms with Gasteiger partial charge in [0.2, 0.25) is 0 Å². The lowest BCUT2D eigenvalue weighted by molar-refractivity contribution is -0.157. The van der Waals surface area contributed by atoms with E-state index in [-0.39, 0.29) is 17.6 Å². The Morgan fingerprint density at radius 1 is 1.16 bits per heavy atom. The van der Waals surface area contributed by atoms with Crippen molar-refractivity contribution in [2.24, 2.45) is 5.92 Å². The molecule has 1 aromatic rings. The van der Waals surface area contributed by atoms with E-state index in [1.54, 1.807) is 0 Å². The van der Waals surface area contributed by atoms with Crippen LogP contribution in [0, 0.1) is 5.92 Å². The standard InChI is InChI=1S/C15H24O2.C9H17NO2.C2H6/c1-14(7-5-11-16)8-6-12-17-13-15-9-3-2-4-10-15;1-9(2,3)12-8(11)7-5-4-6-10-7;1-2/h2-4,9-10,14,16H,5-8,11-13H2,1H3;7,10H,4-6H2,1-3H3;1-2H3. The van der Waals surface area contributed by atoms with E-state index in [0.29, 0.717) is 19.1 Å². The van der Waals surface area contributed by atoms with Gasteiger partial charge in [-0.05, 0) is 77.3 Å². The van der Waals surface area contributed by atoms with Crippen LogP contribution < -0.4 is 5.32 Å². The van der Waals surface area contributed by atoms with Crippen LogP contribution in [0.2, 0.25) is 0 Å². The van der Waals surface area contributed by atoms with Crippen LogP contribution in [-0.4, -0.2) is 42.5 Å². The number of benzene rings is 1. The maximum Gasteiger partial charge on any atom is 0.323 e. The highest BCUT2D eigenvalue weighted by molar-refractivity contribution is 5.76. The lowest BCUT2D eigenvalue weighted by Gasteiger charge is -2.21. The summed E-state index contributed by atoms with van der Waals surface area (Å²) < 4.78 is 10.8. The minimum atomic E-state index is -0.360. The van der Waals surface area contributed by atoms with Gasteiger partial charge in [0.15, 0.2) is 0 Å². The Morgan fingerprint density at radius 3 is 2.35 bits per heavy atom. The van der Waals surface area contributed by atoms with Crippen molar-refractivity contribution in [2.45, 2.75) is 98.3 Å². The molecule has 1 aliphatic rings. The quantitative estimate of drug-likeness (QED) is 0.374. The van der Waals surface area contributed by atoms with Gasteiger partial charge >= 0.3 is 5.97 Å². The number of aliphatic hydroxyl groups is 1. The zero-order chi connectivity index (χ0) is 23.5. The third-order valence-corrected chi connectivity index (χ3v) is 4.70. The van der Waals surface area contributed by atoms with E-state index in [2.05, 4.69) is 24.4 Å². The summed E-state index contributed by atoms with van der Waals surface area (Å²) in [5.74, 6) is 0.586. The van der Waals surface area contributed by atoms with E-state index in [4.69, 9.17) is 14.6 Å². The van der Waals surface area contributed by atoms with Crippen molar-refractivity contribution in [2.75, 3.05) is 19.8 Å². The van der Waals surface area contributed by atoms with Crippen molar-refractivity contribution in [1.29, 1.82) is 0 Å². The molecule has 2 unspecified atom stereocenters. The third-order valence-electron chi connectivity index (χ3n) is 4.70. The molecule has 0 saturated carbocycles. The van der Waals surface area contributed by atoms with Crippen LogP contribution in [0.25, 0.3) is 0 Å². The predicted molar refractivity (Wildman–Crippen MR) is 129 cm³/mol. The monoisotopic (exact) mass is 437 g/mol. The summed E-state index contributed by atoms with van der Waals surface area (Å²) in [5, 5.41) is 11.8. The summed E-state index contributed by atoms with van der Waals surface area (Å²) in [4.78, 5) is 11.4. The Bertz CT molecular complexity index is 536. The number of carbonyl (C=O) groups is 1. The van der Waals surface area contributed by atoms with Gasteiger partial charge in [-0.3, -0.25) is 4.79 Å². The number of hydrogen-bond donors (Lipinski definition) is 2. The third kappa shape index (κ3) is 16.9. The van der Waals surface area contributed by atoms with E-state index in [0.717, 1.165) is 45.3 Å². The molecule has 0 spiro atoms. The van der Waals surface area contributed by atoms with Gasteiger partial charge in [-0.15, -0.1) is 0 Å². The Balaban J connectivity index is 0.000000564. The number of carbonyl (C=O) groups excluding carboxylic acids is 1. The molecule has 2 N–H and O–H groups in total. The Kier molecular flexibility index (Phi) is 17.3. The van der Waals surface area contributed by atoms with Crippen LogP contribution in [-0.2, 0) is 20.9 Å². The van der Waals surface area contributed by atoms with Gasteiger partial charge in [0, 0.05) is 13.2 Å². The van der Waals surface area contributed by atoms with Crippen molar-refractivity contribution in [1.82, 2.24) is 5.32 Å². The SMILES string of the molecule is CC.CC(C)(C)OC(=O)C1CCCN1.CC(CCCO)CCCOCc1ccccc1. The molecule has 1 heterocycles. The topological polar surface area (TPSA) is 67.8 Å². The van der Waals surface area contributed by atoms with Crippen molar-refractivity contribution in [3.63, 3.8) is 0 Å². The minimum Gasteiger partial charge on any atom is -0.459 e. The fraction of sp³-hybridized carbons (Fsp3) is 0.731. The number of esters is 1. The van der Waals surface area contributed by atoms with E-state index in [1.807, 2.05) is 52.8 Å². The van der Waals surface area contributed by atoms with Crippen molar-refractivity contribution < 1.29 is 19.4 Å². The Morgan fingerprint density at radius 2 is 1.81 bits per heavy atom. The first-order chi connectivity index (χ1) is 14.8. The highest BCUT2D eigenvalue weighted by atomic mass is 16.6. The molecule has 0 aromatic heterocycles. The van der Waals surface area contributed by atoms with E-state index < -0.39 is 0 Å². The number of ether oxygens (including phenoxy) is 2. The average Bonchev–Trinajstić information content (AvgIpc) is 3.29. The Hall–Kier alpha value is -1.43. The second kappa shape index (κ2) is 18.2. The molecule has 5 nitrogen and oxygen atoms in total. The fourth-order valence-electron chi connectivity index (χ4n) is 3.14. The van der Waals surface area contributed by atoms with Gasteiger partial charge in [0.25, 0.3) is 0 Å². The average molecular weight is 438 g/mol. The summed E-state index contributed by atoms with van der Waals surface area (Å²) >= 11 is 0. The van der Waals surface area contributed by atoms with Crippen molar-refractivity contribution in [3.8, 4) is 0 Å². The molecule has 0 bridgehead atoms. The first-order valence-electron chi connectivity index (χ1n) is 12.0. The highest BCUT2D eigenvalue weighted by Gasteiger charge is 2.27. The van der Waals surface area contributed by atoms with Crippen LogP contribution in [0.5, 0.6) is 0 Å². The van der Waals surface area contributed by atoms with Crippen molar-refractivity contribution >= 4 is 5.97 Å². The van der Waals surface area contributed by atoms with E-state index in [1.165, 1.54) is 12.0 Å². The molecule has 0 aliphatic carbocycles. The molecular formula is C26H47NO4. The smallest absolute Gasteiger partial charge is 0.323 e. The first-order valence-corrected chi connectivity index (χ1v) is 12.0. The first kappa shape index (κ1) is 29.6. The lowest BCUT2D eigenvalue weighted by Crippen LogP contribution is -2.37. The molecule has 2 rings (SSSR count). The fourth-order valence-corrected chi connectivity index (χ4v) is 3.14. The molecule has 0 amide bonds. The second-order valence-corrected chi connectivity index (χ2v) is 8.83. The summed E-state index contributed by atoms with van der Waals surface area (Å²) in [6.07, 6.45) is 6.33. The van der Waals surface area contributed by atoms with Crippen LogP contribution in [0.3, 0.4) is 0 Å². The van der Waals surface area contributed by atoms with E-state index in [9.17, 15) is 4.79 Å². The number of nitrogens with one attached hydrogen (secondary N) is 1. The molecule has 1 fully saturated rings. The van der Waals surface area contributed by atoms with Crippen LogP contribution in [0.15, 0.2) is 30.3 Å². The predicted octanol–water partition coefficient (Wildman–Crippen LogP) is 5.50. The van der Waals surface area contributed by atoms with Gasteiger partial charge in [0.1, 0.15) is 11.6 Å². The van der Waals surface area contributed by atoms with E-state index >= 15 is 0 Å². The van der Waals surface area contributed by atoms with Gasteiger partial charge in [-0.2, -0.15) is 0 Å².